The van der Waals surface area contributed by atoms with Gasteiger partial charge in [0.05, 0.1) is 0 Å². The Morgan fingerprint density at radius 3 is 2.58 bits per heavy atom. The van der Waals surface area contributed by atoms with Gasteiger partial charge < -0.3 is 15.5 Å². The number of hydrogen-bond donors (Lipinski definition) is 2. The monoisotopic (exact) mass is 283 g/mol. The van der Waals surface area contributed by atoms with Gasteiger partial charge in [-0.15, -0.1) is 0 Å². The Morgan fingerprint density at radius 1 is 1.37 bits per heavy atom. The lowest BCUT2D eigenvalue weighted by atomic mass is 10.1. The molecule has 106 valence electrons. The van der Waals surface area contributed by atoms with Gasteiger partial charge >= 0.3 is 6.03 Å². The average Bonchev–Trinajstić information content (AvgIpc) is 2.88. The highest BCUT2D eigenvalue weighted by Gasteiger charge is 2.17. The number of carbonyl (C=O) groups excluding carboxylic acids is 2. The first kappa shape index (κ1) is 15.5. The van der Waals surface area contributed by atoms with Crippen molar-refractivity contribution in [3.8, 4) is 0 Å². The maximum atomic E-state index is 11.7. The van der Waals surface area contributed by atoms with E-state index in [1.807, 2.05) is 11.4 Å². The smallest absolute Gasteiger partial charge is 0.315 e. The molecule has 0 unspecified atom stereocenters. The van der Waals surface area contributed by atoms with Crippen LogP contribution in [0.3, 0.4) is 0 Å². The van der Waals surface area contributed by atoms with Crippen LogP contribution in [0.1, 0.15) is 25.3 Å². The van der Waals surface area contributed by atoms with Gasteiger partial charge in [-0.1, -0.05) is 6.92 Å². The number of amides is 3. The molecule has 0 aliphatic rings. The minimum Gasteiger partial charge on any atom is -0.347 e. The second kappa shape index (κ2) is 7.13. The summed E-state index contributed by atoms with van der Waals surface area (Å²) in [6, 6.07) is 1.21. The molecule has 6 heteroatoms. The van der Waals surface area contributed by atoms with Crippen LogP contribution in [0.2, 0.25) is 0 Å². The normalized spacial score (nSPS) is 13.5. The SMILES string of the molecule is C[C@H](NC(=O)NC[C@@H](C)c1ccsc1)C(=O)N(C)C. The molecule has 0 saturated heterocycles. The molecule has 0 aliphatic heterocycles. The van der Waals surface area contributed by atoms with Gasteiger partial charge in [-0.05, 0) is 35.2 Å². The fourth-order valence-electron chi connectivity index (χ4n) is 1.62. The molecule has 0 aliphatic carbocycles. The highest BCUT2D eigenvalue weighted by molar-refractivity contribution is 7.07. The van der Waals surface area contributed by atoms with Gasteiger partial charge in [-0.25, -0.2) is 4.79 Å². The van der Waals surface area contributed by atoms with Crippen LogP contribution in [0.15, 0.2) is 16.8 Å². The van der Waals surface area contributed by atoms with E-state index in [-0.39, 0.29) is 17.9 Å². The van der Waals surface area contributed by atoms with E-state index in [1.54, 1.807) is 32.4 Å². The topological polar surface area (TPSA) is 61.4 Å². The molecule has 3 amide bonds. The van der Waals surface area contributed by atoms with Crippen molar-refractivity contribution in [3.63, 3.8) is 0 Å². The predicted molar refractivity (Wildman–Crippen MR) is 77.4 cm³/mol. The van der Waals surface area contributed by atoms with E-state index in [4.69, 9.17) is 0 Å². The number of likely N-dealkylation sites (N-methyl/N-ethyl adjacent to an activating group) is 1. The van der Waals surface area contributed by atoms with Gasteiger partial charge in [0.25, 0.3) is 0 Å². The summed E-state index contributed by atoms with van der Waals surface area (Å²) in [6.07, 6.45) is 0. The maximum absolute atomic E-state index is 11.7. The number of nitrogens with zero attached hydrogens (tertiary/aromatic N) is 1. The van der Waals surface area contributed by atoms with Crippen LogP contribution in [-0.4, -0.2) is 43.5 Å². The summed E-state index contributed by atoms with van der Waals surface area (Å²) < 4.78 is 0. The highest BCUT2D eigenvalue weighted by atomic mass is 32.1. The average molecular weight is 283 g/mol. The van der Waals surface area contributed by atoms with E-state index >= 15 is 0 Å². The summed E-state index contributed by atoms with van der Waals surface area (Å²) >= 11 is 1.64. The second-order valence-corrected chi connectivity index (χ2v) is 5.55. The number of hydrogen-bond acceptors (Lipinski definition) is 3. The molecule has 0 aromatic carbocycles. The first-order chi connectivity index (χ1) is 8.91. The van der Waals surface area contributed by atoms with Gasteiger partial charge in [-0.3, -0.25) is 4.79 Å². The second-order valence-electron chi connectivity index (χ2n) is 4.77. The zero-order valence-electron chi connectivity index (χ0n) is 11.8. The number of nitrogens with one attached hydrogen (secondary N) is 2. The van der Waals surface area contributed by atoms with Crippen molar-refractivity contribution in [2.45, 2.75) is 25.8 Å². The standard InChI is InChI=1S/C13H21N3O2S/c1-9(11-5-6-19-8-11)7-14-13(18)15-10(2)12(17)16(3)4/h5-6,8-10H,7H2,1-4H3,(H2,14,15,18)/t9-,10+/m1/s1. The van der Waals surface area contributed by atoms with Crippen LogP contribution < -0.4 is 10.6 Å². The number of rotatable bonds is 5. The van der Waals surface area contributed by atoms with Crippen molar-refractivity contribution in [1.29, 1.82) is 0 Å². The molecule has 1 aromatic heterocycles. The Labute approximate surface area is 118 Å². The van der Waals surface area contributed by atoms with Crippen LogP contribution >= 0.6 is 11.3 Å². The van der Waals surface area contributed by atoms with Crippen molar-refractivity contribution >= 4 is 23.3 Å². The van der Waals surface area contributed by atoms with E-state index < -0.39 is 6.04 Å². The zero-order chi connectivity index (χ0) is 14.4. The minimum atomic E-state index is -0.522. The molecule has 0 spiro atoms. The van der Waals surface area contributed by atoms with Crippen LogP contribution in [0.5, 0.6) is 0 Å². The Balaban J connectivity index is 2.34. The third-order valence-electron chi connectivity index (χ3n) is 2.84. The minimum absolute atomic E-state index is 0.124. The van der Waals surface area contributed by atoms with Crippen molar-refractivity contribution in [3.05, 3.63) is 22.4 Å². The molecule has 19 heavy (non-hydrogen) atoms. The summed E-state index contributed by atoms with van der Waals surface area (Å²) in [4.78, 5) is 24.7. The van der Waals surface area contributed by atoms with Crippen LogP contribution in [0, 0.1) is 0 Å². The first-order valence-corrected chi connectivity index (χ1v) is 7.13. The fourth-order valence-corrected chi connectivity index (χ4v) is 2.40. The summed E-state index contributed by atoms with van der Waals surface area (Å²) in [7, 11) is 3.33. The molecular formula is C13H21N3O2S. The van der Waals surface area contributed by atoms with E-state index in [9.17, 15) is 9.59 Å². The quantitative estimate of drug-likeness (QED) is 0.863. The highest BCUT2D eigenvalue weighted by Crippen LogP contribution is 2.16. The van der Waals surface area contributed by atoms with Crippen molar-refractivity contribution in [2.75, 3.05) is 20.6 Å². The summed E-state index contributed by atoms with van der Waals surface area (Å²) in [5, 5.41) is 9.49. The predicted octanol–water partition coefficient (Wildman–Crippen LogP) is 1.63. The third kappa shape index (κ3) is 4.90. The number of carbonyl (C=O) groups is 2. The van der Waals surface area contributed by atoms with Gasteiger partial charge in [-0.2, -0.15) is 11.3 Å². The Hall–Kier alpha value is -1.56. The fraction of sp³-hybridized carbons (Fsp3) is 0.538. The van der Waals surface area contributed by atoms with Gasteiger partial charge in [0.15, 0.2) is 0 Å². The Kier molecular flexibility index (Phi) is 5.82. The lowest BCUT2D eigenvalue weighted by molar-refractivity contribution is -0.130. The van der Waals surface area contributed by atoms with Crippen LogP contribution in [0.4, 0.5) is 4.79 Å². The van der Waals surface area contributed by atoms with E-state index in [0.717, 1.165) is 0 Å². The zero-order valence-corrected chi connectivity index (χ0v) is 12.6. The Bertz CT molecular complexity index is 418. The Morgan fingerprint density at radius 2 is 2.05 bits per heavy atom. The van der Waals surface area contributed by atoms with Crippen molar-refractivity contribution in [1.82, 2.24) is 15.5 Å². The molecule has 0 radical (unpaired) electrons. The van der Waals surface area contributed by atoms with Crippen molar-refractivity contribution in [2.24, 2.45) is 0 Å². The van der Waals surface area contributed by atoms with Gasteiger partial charge in [0.1, 0.15) is 6.04 Å². The molecule has 0 saturated carbocycles. The molecule has 1 heterocycles. The lowest BCUT2D eigenvalue weighted by Gasteiger charge is -2.19. The van der Waals surface area contributed by atoms with Crippen LogP contribution in [-0.2, 0) is 4.79 Å². The van der Waals surface area contributed by atoms with E-state index in [1.165, 1.54) is 10.5 Å². The molecular weight excluding hydrogens is 262 g/mol. The molecule has 2 N–H and O–H groups in total. The number of urea groups is 1. The van der Waals surface area contributed by atoms with E-state index in [0.29, 0.717) is 6.54 Å². The van der Waals surface area contributed by atoms with E-state index in [2.05, 4.69) is 22.9 Å². The number of thiophene rings is 1. The lowest BCUT2D eigenvalue weighted by Crippen LogP contribution is -2.48. The van der Waals surface area contributed by atoms with Gasteiger partial charge in [0, 0.05) is 20.6 Å². The first-order valence-electron chi connectivity index (χ1n) is 6.19. The molecule has 0 bridgehead atoms. The molecule has 0 fully saturated rings. The van der Waals surface area contributed by atoms with Crippen molar-refractivity contribution < 1.29 is 9.59 Å². The molecule has 1 rings (SSSR count). The summed E-state index contributed by atoms with van der Waals surface area (Å²) in [5.74, 6) is 0.137. The maximum Gasteiger partial charge on any atom is 0.315 e. The third-order valence-corrected chi connectivity index (χ3v) is 3.54. The molecule has 2 atom stereocenters. The summed E-state index contributed by atoms with van der Waals surface area (Å²) in [5.41, 5.74) is 1.21. The largest absolute Gasteiger partial charge is 0.347 e. The molecule has 1 aromatic rings. The molecule has 5 nitrogen and oxygen atoms in total. The van der Waals surface area contributed by atoms with Crippen LogP contribution in [0.25, 0.3) is 0 Å². The van der Waals surface area contributed by atoms with Gasteiger partial charge in [0.2, 0.25) is 5.91 Å². The summed E-state index contributed by atoms with van der Waals surface area (Å²) in [6.45, 7) is 4.27.